The summed E-state index contributed by atoms with van der Waals surface area (Å²) in [5, 5.41) is 2.15. The highest BCUT2D eigenvalue weighted by Crippen LogP contribution is 2.21. The first-order chi connectivity index (χ1) is 8.88. The van der Waals surface area contributed by atoms with Crippen molar-refractivity contribution in [3.63, 3.8) is 0 Å². The minimum Gasteiger partial charge on any atom is -0.324 e. The van der Waals surface area contributed by atoms with E-state index in [-0.39, 0.29) is 10.9 Å². The van der Waals surface area contributed by atoms with Gasteiger partial charge in [-0.3, -0.25) is 4.72 Å². The normalized spacial score (nSPS) is 13.2. The van der Waals surface area contributed by atoms with E-state index in [0.717, 1.165) is 11.3 Å². The van der Waals surface area contributed by atoms with Crippen LogP contribution >= 0.6 is 11.3 Å². The Kier molecular flexibility index (Phi) is 3.88. The third kappa shape index (κ3) is 3.31. The van der Waals surface area contributed by atoms with Crippen molar-refractivity contribution in [1.29, 1.82) is 0 Å². The molecule has 0 amide bonds. The molecule has 0 aliphatic heterocycles. The summed E-state index contributed by atoms with van der Waals surface area (Å²) in [5.41, 5.74) is 7.32. The van der Waals surface area contributed by atoms with E-state index < -0.39 is 10.0 Å². The van der Waals surface area contributed by atoms with Crippen molar-refractivity contribution >= 4 is 26.5 Å². The lowest BCUT2D eigenvalue weighted by molar-refractivity contribution is 0.601. The van der Waals surface area contributed by atoms with Gasteiger partial charge in [0.2, 0.25) is 0 Å². The zero-order valence-corrected chi connectivity index (χ0v) is 12.3. The van der Waals surface area contributed by atoms with E-state index in [0.29, 0.717) is 5.13 Å². The van der Waals surface area contributed by atoms with E-state index in [1.165, 1.54) is 17.4 Å². The molecular formula is C12H15N3O2S2. The maximum absolute atomic E-state index is 12.2. The van der Waals surface area contributed by atoms with Crippen molar-refractivity contribution in [3.8, 4) is 0 Å². The fourth-order valence-corrected chi connectivity index (χ4v) is 3.54. The van der Waals surface area contributed by atoms with Crippen LogP contribution in [-0.4, -0.2) is 13.4 Å². The van der Waals surface area contributed by atoms with Crippen LogP contribution in [-0.2, 0) is 10.0 Å². The largest absolute Gasteiger partial charge is 0.324 e. The summed E-state index contributed by atoms with van der Waals surface area (Å²) < 4.78 is 26.9. The molecule has 0 radical (unpaired) electrons. The van der Waals surface area contributed by atoms with Gasteiger partial charge in [-0.15, -0.1) is 11.3 Å². The number of hydrogen-bond donors (Lipinski definition) is 2. The lowest BCUT2D eigenvalue weighted by Gasteiger charge is -2.09. The number of rotatable bonds is 4. The van der Waals surface area contributed by atoms with Crippen LogP contribution in [0.4, 0.5) is 5.13 Å². The number of benzene rings is 1. The number of nitrogens with one attached hydrogen (secondary N) is 1. The molecule has 2 rings (SSSR count). The number of aryl methyl sites for hydroxylation is 1. The molecule has 2 aromatic rings. The third-order valence-corrected chi connectivity index (χ3v) is 4.88. The second kappa shape index (κ2) is 5.28. The Balaban J connectivity index is 2.31. The molecule has 0 saturated carbocycles. The number of sulfonamides is 1. The average Bonchev–Trinajstić information content (AvgIpc) is 2.74. The van der Waals surface area contributed by atoms with Crippen LogP contribution in [0, 0.1) is 6.92 Å². The van der Waals surface area contributed by atoms with E-state index in [1.807, 2.05) is 13.8 Å². The van der Waals surface area contributed by atoms with E-state index in [1.54, 1.807) is 23.6 Å². The molecule has 7 heteroatoms. The molecule has 3 N–H and O–H groups in total. The smallest absolute Gasteiger partial charge is 0.263 e. The molecule has 1 unspecified atom stereocenters. The van der Waals surface area contributed by atoms with Gasteiger partial charge in [0, 0.05) is 11.4 Å². The molecule has 0 fully saturated rings. The Bertz CT molecular complexity index is 678. The van der Waals surface area contributed by atoms with Crippen LogP contribution in [0.25, 0.3) is 0 Å². The Morgan fingerprint density at radius 1 is 1.42 bits per heavy atom. The summed E-state index contributed by atoms with van der Waals surface area (Å²) in [6.07, 6.45) is 0. The Morgan fingerprint density at radius 2 is 2.16 bits per heavy atom. The Morgan fingerprint density at radius 3 is 2.74 bits per heavy atom. The van der Waals surface area contributed by atoms with Crippen molar-refractivity contribution in [2.24, 2.45) is 5.73 Å². The van der Waals surface area contributed by atoms with Crippen molar-refractivity contribution in [2.45, 2.75) is 24.8 Å². The highest BCUT2D eigenvalue weighted by Gasteiger charge is 2.16. The van der Waals surface area contributed by atoms with Gasteiger partial charge in [-0.05, 0) is 31.5 Å². The summed E-state index contributed by atoms with van der Waals surface area (Å²) in [6, 6.07) is 6.39. The fourth-order valence-electron chi connectivity index (χ4n) is 1.54. The second-order valence-corrected chi connectivity index (χ2v) is 6.80. The predicted molar refractivity (Wildman–Crippen MR) is 76.7 cm³/mol. The molecule has 1 aromatic heterocycles. The molecule has 5 nitrogen and oxygen atoms in total. The van der Waals surface area contributed by atoms with Crippen molar-refractivity contribution in [2.75, 3.05) is 4.72 Å². The van der Waals surface area contributed by atoms with Crippen LogP contribution in [0.5, 0.6) is 0 Å². The van der Waals surface area contributed by atoms with Gasteiger partial charge in [0.1, 0.15) is 0 Å². The average molecular weight is 297 g/mol. The number of nitrogens with two attached hydrogens (primary N) is 1. The highest BCUT2D eigenvalue weighted by atomic mass is 32.2. The molecule has 102 valence electrons. The minimum absolute atomic E-state index is 0.190. The van der Waals surface area contributed by atoms with Gasteiger partial charge in [0.15, 0.2) is 5.13 Å². The van der Waals surface area contributed by atoms with E-state index in [9.17, 15) is 8.42 Å². The molecule has 0 aliphatic carbocycles. The van der Waals surface area contributed by atoms with Gasteiger partial charge in [-0.1, -0.05) is 12.1 Å². The van der Waals surface area contributed by atoms with Gasteiger partial charge < -0.3 is 5.73 Å². The summed E-state index contributed by atoms with van der Waals surface area (Å²) in [5.74, 6) is 0. The highest BCUT2D eigenvalue weighted by molar-refractivity contribution is 7.93. The van der Waals surface area contributed by atoms with Gasteiger partial charge >= 0.3 is 0 Å². The zero-order chi connectivity index (χ0) is 14.0. The first-order valence-electron chi connectivity index (χ1n) is 5.69. The van der Waals surface area contributed by atoms with Crippen LogP contribution in [0.3, 0.4) is 0 Å². The standard InChI is InChI=1S/C12H15N3O2S2/c1-8-7-18-12(14-8)15-19(16,17)11-5-3-4-10(6-11)9(2)13/h3-7,9H,13H2,1-2H3,(H,14,15). The number of anilines is 1. The number of nitrogens with zero attached hydrogens (tertiary/aromatic N) is 1. The van der Waals surface area contributed by atoms with E-state index in [2.05, 4.69) is 9.71 Å². The van der Waals surface area contributed by atoms with Crippen LogP contribution in [0.15, 0.2) is 34.5 Å². The van der Waals surface area contributed by atoms with Gasteiger partial charge in [0.25, 0.3) is 10.0 Å². The Labute approximate surface area is 116 Å². The fraction of sp³-hybridized carbons (Fsp3) is 0.250. The van der Waals surface area contributed by atoms with Gasteiger partial charge in [-0.25, -0.2) is 13.4 Å². The summed E-state index contributed by atoms with van der Waals surface area (Å²) in [7, 11) is -3.61. The van der Waals surface area contributed by atoms with Gasteiger partial charge in [0.05, 0.1) is 10.6 Å². The molecule has 1 heterocycles. The maximum atomic E-state index is 12.2. The quantitative estimate of drug-likeness (QED) is 0.906. The zero-order valence-electron chi connectivity index (χ0n) is 10.6. The number of hydrogen-bond acceptors (Lipinski definition) is 5. The topological polar surface area (TPSA) is 85.1 Å². The number of thiazole rings is 1. The molecule has 19 heavy (non-hydrogen) atoms. The van der Waals surface area contributed by atoms with Crippen molar-refractivity contribution in [1.82, 2.24) is 4.98 Å². The second-order valence-electron chi connectivity index (χ2n) is 4.26. The van der Waals surface area contributed by atoms with Crippen LogP contribution in [0.2, 0.25) is 0 Å². The molecule has 0 bridgehead atoms. The molecular weight excluding hydrogens is 282 g/mol. The lowest BCUT2D eigenvalue weighted by Crippen LogP contribution is -2.14. The minimum atomic E-state index is -3.61. The van der Waals surface area contributed by atoms with E-state index in [4.69, 9.17) is 5.73 Å². The third-order valence-electron chi connectivity index (χ3n) is 2.53. The molecule has 0 spiro atoms. The molecule has 0 saturated heterocycles. The van der Waals surface area contributed by atoms with Crippen molar-refractivity contribution in [3.05, 3.63) is 40.9 Å². The SMILES string of the molecule is Cc1csc(NS(=O)(=O)c2cccc(C(C)N)c2)n1. The summed E-state index contributed by atoms with van der Waals surface area (Å²) in [4.78, 5) is 4.27. The molecule has 1 aromatic carbocycles. The first-order valence-corrected chi connectivity index (χ1v) is 8.05. The molecule has 0 aliphatic rings. The summed E-state index contributed by atoms with van der Waals surface area (Å²) >= 11 is 1.26. The predicted octanol–water partition coefficient (Wildman–Crippen LogP) is 2.27. The summed E-state index contributed by atoms with van der Waals surface area (Å²) in [6.45, 7) is 3.62. The maximum Gasteiger partial charge on any atom is 0.263 e. The van der Waals surface area contributed by atoms with Gasteiger partial charge in [-0.2, -0.15) is 0 Å². The van der Waals surface area contributed by atoms with Crippen molar-refractivity contribution < 1.29 is 8.42 Å². The Hall–Kier alpha value is -1.44. The van der Waals surface area contributed by atoms with Crippen LogP contribution in [0.1, 0.15) is 24.2 Å². The molecule has 1 atom stereocenters. The number of aromatic nitrogens is 1. The van der Waals surface area contributed by atoms with E-state index >= 15 is 0 Å². The monoisotopic (exact) mass is 297 g/mol. The first kappa shape index (κ1) is 14.0. The van der Waals surface area contributed by atoms with Crippen LogP contribution < -0.4 is 10.5 Å². The lowest BCUT2D eigenvalue weighted by atomic mass is 10.1.